The van der Waals surface area contributed by atoms with Gasteiger partial charge in [-0.2, -0.15) is 0 Å². The van der Waals surface area contributed by atoms with Crippen LogP contribution >= 0.6 is 23.6 Å². The fourth-order valence-electron chi connectivity index (χ4n) is 1.86. The van der Waals surface area contributed by atoms with Crippen molar-refractivity contribution in [3.8, 4) is 0 Å². The first-order valence-corrected chi connectivity index (χ1v) is 7.29. The lowest BCUT2D eigenvalue weighted by atomic mass is 10.2. The van der Waals surface area contributed by atoms with Gasteiger partial charge in [0.2, 0.25) is 0 Å². The Balaban J connectivity index is 2.21. The largest absolute Gasteiger partial charge is 0.389 e. The summed E-state index contributed by atoms with van der Waals surface area (Å²) in [6.45, 7) is 6.17. The highest BCUT2D eigenvalue weighted by atomic mass is 32.1. The minimum atomic E-state index is 0.215. The lowest BCUT2D eigenvalue weighted by Crippen LogP contribution is -2.12. The first-order chi connectivity index (χ1) is 8.95. The second kappa shape index (κ2) is 5.67. The van der Waals surface area contributed by atoms with Crippen molar-refractivity contribution in [1.82, 2.24) is 4.98 Å². The molecule has 3 nitrogen and oxygen atoms in total. The Morgan fingerprint density at radius 3 is 2.68 bits per heavy atom. The zero-order valence-corrected chi connectivity index (χ0v) is 12.9. The Morgan fingerprint density at radius 2 is 2.11 bits per heavy atom. The van der Waals surface area contributed by atoms with Crippen molar-refractivity contribution >= 4 is 34.4 Å². The van der Waals surface area contributed by atoms with Crippen LogP contribution in [0.4, 0.5) is 5.82 Å². The molecule has 0 aromatic carbocycles. The van der Waals surface area contributed by atoms with Gasteiger partial charge in [0.1, 0.15) is 10.8 Å². The number of pyridine rings is 1. The Labute approximate surface area is 122 Å². The van der Waals surface area contributed by atoms with Gasteiger partial charge in [-0.3, -0.25) is 0 Å². The third kappa shape index (κ3) is 3.52. The van der Waals surface area contributed by atoms with Crippen molar-refractivity contribution < 1.29 is 0 Å². The molecule has 0 spiro atoms. The maximum Gasteiger partial charge on any atom is 0.127 e. The highest BCUT2D eigenvalue weighted by Gasteiger charge is 2.09. The van der Waals surface area contributed by atoms with Crippen LogP contribution in [-0.4, -0.2) is 9.97 Å². The summed E-state index contributed by atoms with van der Waals surface area (Å²) in [6.07, 6.45) is 0. The summed E-state index contributed by atoms with van der Waals surface area (Å²) in [6, 6.07) is 8.27. The molecule has 0 fully saturated rings. The molecule has 2 heterocycles. The second-order valence-electron chi connectivity index (χ2n) is 4.56. The molecule has 1 atom stereocenters. The summed E-state index contributed by atoms with van der Waals surface area (Å²) < 4.78 is 0. The zero-order chi connectivity index (χ0) is 14.0. The van der Waals surface area contributed by atoms with Gasteiger partial charge in [-0.1, -0.05) is 12.2 Å². The molecule has 3 N–H and O–H groups in total. The predicted molar refractivity (Wildman–Crippen MR) is 86.0 cm³/mol. The van der Waals surface area contributed by atoms with Gasteiger partial charge in [0.05, 0.1) is 6.04 Å². The van der Waals surface area contributed by atoms with E-state index in [0.29, 0.717) is 4.99 Å². The summed E-state index contributed by atoms with van der Waals surface area (Å²) in [4.78, 5) is 7.46. The number of hydrogen-bond donors (Lipinski definition) is 2. The molecule has 19 heavy (non-hydrogen) atoms. The molecule has 2 aromatic rings. The highest BCUT2D eigenvalue weighted by Crippen LogP contribution is 2.25. The molecule has 1 unspecified atom stereocenters. The van der Waals surface area contributed by atoms with E-state index in [1.54, 1.807) is 11.3 Å². The fourth-order valence-corrected chi connectivity index (χ4v) is 2.86. The smallest absolute Gasteiger partial charge is 0.127 e. The van der Waals surface area contributed by atoms with E-state index in [-0.39, 0.29) is 6.04 Å². The number of hydrogen-bond acceptors (Lipinski definition) is 4. The van der Waals surface area contributed by atoms with Crippen molar-refractivity contribution in [2.24, 2.45) is 5.73 Å². The normalized spacial score (nSPS) is 12.2. The van der Waals surface area contributed by atoms with E-state index in [4.69, 9.17) is 18.0 Å². The molecule has 2 aromatic heterocycles. The summed E-state index contributed by atoms with van der Waals surface area (Å²) in [5, 5.41) is 3.39. The number of nitrogens with two attached hydrogens (primary N) is 1. The Bertz CT molecular complexity index is 604. The zero-order valence-electron chi connectivity index (χ0n) is 11.2. The van der Waals surface area contributed by atoms with Crippen LogP contribution in [0.2, 0.25) is 0 Å². The Kier molecular flexibility index (Phi) is 4.17. The number of anilines is 1. The molecule has 0 bridgehead atoms. The van der Waals surface area contributed by atoms with E-state index in [1.165, 1.54) is 9.75 Å². The highest BCUT2D eigenvalue weighted by molar-refractivity contribution is 7.80. The average Bonchev–Trinajstić information content (AvgIpc) is 2.75. The molecule has 0 aliphatic rings. The third-order valence-electron chi connectivity index (χ3n) is 2.79. The number of rotatable bonds is 4. The molecule has 0 amide bonds. The van der Waals surface area contributed by atoms with Gasteiger partial charge in [-0.15, -0.1) is 11.3 Å². The van der Waals surface area contributed by atoms with E-state index in [9.17, 15) is 0 Å². The summed E-state index contributed by atoms with van der Waals surface area (Å²) in [5.41, 5.74) is 7.43. The molecule has 5 heteroatoms. The van der Waals surface area contributed by atoms with Gasteiger partial charge in [0.15, 0.2) is 0 Å². The quantitative estimate of drug-likeness (QED) is 0.846. The summed E-state index contributed by atoms with van der Waals surface area (Å²) in [7, 11) is 0. The van der Waals surface area contributed by atoms with Crippen molar-refractivity contribution in [2.45, 2.75) is 26.8 Å². The summed E-state index contributed by atoms with van der Waals surface area (Å²) in [5.74, 6) is 0.807. The lowest BCUT2D eigenvalue weighted by Gasteiger charge is -2.14. The van der Waals surface area contributed by atoms with E-state index >= 15 is 0 Å². The second-order valence-corrected chi connectivity index (χ2v) is 6.32. The molecule has 0 radical (unpaired) electrons. The molecule has 0 saturated carbocycles. The predicted octanol–water partition coefficient (Wildman–Crippen LogP) is 3.57. The SMILES string of the molecule is Cc1cc(C(N)=S)cc(NC(C)c2ccc(C)s2)n1. The van der Waals surface area contributed by atoms with Gasteiger partial charge in [-0.25, -0.2) is 4.98 Å². The first kappa shape index (κ1) is 14.0. The lowest BCUT2D eigenvalue weighted by molar-refractivity contribution is 0.893. The van der Waals surface area contributed by atoms with Crippen LogP contribution in [-0.2, 0) is 0 Å². The minimum Gasteiger partial charge on any atom is -0.389 e. The van der Waals surface area contributed by atoms with Crippen molar-refractivity contribution in [3.63, 3.8) is 0 Å². The maximum atomic E-state index is 5.67. The van der Waals surface area contributed by atoms with Crippen molar-refractivity contribution in [2.75, 3.05) is 5.32 Å². The van der Waals surface area contributed by atoms with Crippen LogP contribution in [0, 0.1) is 13.8 Å². The van der Waals surface area contributed by atoms with Gasteiger partial charge in [0, 0.05) is 21.0 Å². The van der Waals surface area contributed by atoms with E-state index in [0.717, 1.165) is 17.1 Å². The van der Waals surface area contributed by atoms with E-state index in [2.05, 4.69) is 36.3 Å². The Morgan fingerprint density at radius 1 is 1.37 bits per heavy atom. The van der Waals surface area contributed by atoms with Crippen molar-refractivity contribution in [1.29, 1.82) is 0 Å². The van der Waals surface area contributed by atoms with Gasteiger partial charge < -0.3 is 11.1 Å². The minimum absolute atomic E-state index is 0.215. The molecule has 0 aliphatic heterocycles. The molecule has 100 valence electrons. The molecular weight excluding hydrogens is 274 g/mol. The molecular formula is C14H17N3S2. The van der Waals surface area contributed by atoms with Gasteiger partial charge >= 0.3 is 0 Å². The monoisotopic (exact) mass is 291 g/mol. The number of thiocarbonyl (C=S) groups is 1. The molecule has 0 saturated heterocycles. The van der Waals surface area contributed by atoms with Crippen LogP contribution in [0.1, 0.15) is 34.0 Å². The molecule has 2 rings (SSSR count). The van der Waals surface area contributed by atoms with Crippen molar-refractivity contribution in [3.05, 3.63) is 45.3 Å². The number of thiophene rings is 1. The topological polar surface area (TPSA) is 50.9 Å². The van der Waals surface area contributed by atoms with Crippen LogP contribution in [0.5, 0.6) is 0 Å². The van der Waals surface area contributed by atoms with Crippen LogP contribution in [0.15, 0.2) is 24.3 Å². The fraction of sp³-hybridized carbons (Fsp3) is 0.286. The third-order valence-corrected chi connectivity index (χ3v) is 4.21. The average molecular weight is 291 g/mol. The van der Waals surface area contributed by atoms with E-state index in [1.807, 2.05) is 19.1 Å². The van der Waals surface area contributed by atoms with Crippen LogP contribution in [0.25, 0.3) is 0 Å². The number of nitrogens with zero attached hydrogens (tertiary/aromatic N) is 1. The van der Waals surface area contributed by atoms with Gasteiger partial charge in [-0.05, 0) is 45.0 Å². The van der Waals surface area contributed by atoms with Crippen LogP contribution < -0.4 is 11.1 Å². The first-order valence-electron chi connectivity index (χ1n) is 6.07. The van der Waals surface area contributed by atoms with Crippen LogP contribution in [0.3, 0.4) is 0 Å². The number of aromatic nitrogens is 1. The maximum absolute atomic E-state index is 5.67. The van der Waals surface area contributed by atoms with E-state index < -0.39 is 0 Å². The number of aryl methyl sites for hydroxylation is 2. The molecule has 0 aliphatic carbocycles. The number of nitrogens with one attached hydrogen (secondary N) is 1. The standard InChI is InChI=1S/C14H17N3S2/c1-8-6-11(14(15)18)7-13(16-8)17-10(3)12-5-4-9(2)19-12/h4-7,10H,1-3H3,(H2,15,18)(H,16,17). The Hall–Kier alpha value is -1.46. The summed E-state index contributed by atoms with van der Waals surface area (Å²) >= 11 is 6.80. The van der Waals surface area contributed by atoms with Gasteiger partial charge in [0.25, 0.3) is 0 Å².